The number of carbonyl (C=O) groups is 2. The van der Waals surface area contributed by atoms with Gasteiger partial charge in [-0.2, -0.15) is 0 Å². The van der Waals surface area contributed by atoms with Gasteiger partial charge < -0.3 is 14.9 Å². The summed E-state index contributed by atoms with van der Waals surface area (Å²) in [5.41, 5.74) is 6.01. The Kier molecular flexibility index (Phi) is 8.57. The molecule has 5 nitrogen and oxygen atoms in total. The first-order chi connectivity index (χ1) is 16.9. The van der Waals surface area contributed by atoms with Crippen LogP contribution in [0.5, 0.6) is 11.5 Å². The van der Waals surface area contributed by atoms with Crippen molar-refractivity contribution < 1.29 is 24.5 Å². The maximum absolute atomic E-state index is 13.1. The Morgan fingerprint density at radius 3 is 1.78 bits per heavy atom. The molecule has 0 heterocycles. The minimum absolute atomic E-state index is 0.107. The summed E-state index contributed by atoms with van der Waals surface area (Å²) in [4.78, 5) is 24.3. The Hall–Kier alpha value is -3.60. The van der Waals surface area contributed by atoms with Crippen molar-refractivity contribution in [1.82, 2.24) is 0 Å². The average Bonchev–Trinajstić information content (AvgIpc) is 2.78. The van der Waals surface area contributed by atoms with E-state index in [1.54, 1.807) is 0 Å². The molecule has 2 N–H and O–H groups in total. The van der Waals surface area contributed by atoms with Crippen molar-refractivity contribution in [3.05, 3.63) is 93.0 Å². The number of rotatable bonds is 9. The maximum atomic E-state index is 13.1. The van der Waals surface area contributed by atoms with Gasteiger partial charge in [-0.05, 0) is 85.0 Å². The monoisotopic (exact) mass is 488 g/mol. The standard InChI is InChI=1S/C31H36O5/c1-18(2)11-24-13-20(5)14-25(28(24)32)17-27-16-21(6)15-26(12-19(3)4)29(27)36-31(35)23-9-7-22(8-10-23)30(33)34/h7-10,13-16,18-19,32H,11-12,17H2,1-6H3,(H,33,34). The lowest BCUT2D eigenvalue weighted by atomic mass is 9.91. The number of carboxylic acids is 1. The van der Waals surface area contributed by atoms with E-state index in [4.69, 9.17) is 9.84 Å². The molecule has 0 saturated carbocycles. The van der Waals surface area contributed by atoms with Crippen LogP contribution < -0.4 is 4.74 Å². The van der Waals surface area contributed by atoms with E-state index in [9.17, 15) is 14.7 Å². The van der Waals surface area contributed by atoms with Crippen molar-refractivity contribution in [3.8, 4) is 11.5 Å². The van der Waals surface area contributed by atoms with Crippen LogP contribution in [-0.2, 0) is 19.3 Å². The normalized spacial score (nSPS) is 11.2. The molecular weight excluding hydrogens is 452 g/mol. The first-order valence-corrected chi connectivity index (χ1v) is 12.4. The first-order valence-electron chi connectivity index (χ1n) is 12.4. The quantitative estimate of drug-likeness (QED) is 0.252. The number of carbonyl (C=O) groups excluding carboxylic acids is 1. The lowest BCUT2D eigenvalue weighted by molar-refractivity contribution is 0.0691. The van der Waals surface area contributed by atoms with Crippen molar-refractivity contribution in [1.29, 1.82) is 0 Å². The molecule has 0 spiro atoms. The van der Waals surface area contributed by atoms with Crippen molar-refractivity contribution in [2.24, 2.45) is 11.8 Å². The number of hydrogen-bond acceptors (Lipinski definition) is 4. The number of ether oxygens (including phenoxy) is 1. The average molecular weight is 489 g/mol. The fraction of sp³-hybridized carbons (Fsp3) is 0.355. The van der Waals surface area contributed by atoms with Crippen LogP contribution in [0, 0.1) is 25.7 Å². The third-order valence-corrected chi connectivity index (χ3v) is 6.00. The molecule has 36 heavy (non-hydrogen) atoms. The zero-order valence-electron chi connectivity index (χ0n) is 22.0. The zero-order chi connectivity index (χ0) is 26.6. The summed E-state index contributed by atoms with van der Waals surface area (Å²) in [7, 11) is 0. The van der Waals surface area contributed by atoms with Crippen LogP contribution in [0.3, 0.4) is 0 Å². The number of hydrogen-bond donors (Lipinski definition) is 2. The van der Waals surface area contributed by atoms with Crippen LogP contribution in [0.2, 0.25) is 0 Å². The molecule has 0 amide bonds. The Morgan fingerprint density at radius 1 is 0.750 bits per heavy atom. The van der Waals surface area contributed by atoms with E-state index in [1.165, 1.54) is 24.3 Å². The highest BCUT2D eigenvalue weighted by Gasteiger charge is 2.20. The second kappa shape index (κ2) is 11.4. The molecule has 5 heteroatoms. The van der Waals surface area contributed by atoms with Gasteiger partial charge in [0, 0.05) is 6.42 Å². The van der Waals surface area contributed by atoms with Gasteiger partial charge in [-0.15, -0.1) is 0 Å². The van der Waals surface area contributed by atoms with E-state index in [0.29, 0.717) is 29.8 Å². The highest BCUT2D eigenvalue weighted by Crippen LogP contribution is 2.35. The molecular formula is C31H36O5. The topological polar surface area (TPSA) is 83.8 Å². The third-order valence-electron chi connectivity index (χ3n) is 6.00. The molecule has 0 bridgehead atoms. The fourth-order valence-electron chi connectivity index (χ4n) is 4.55. The van der Waals surface area contributed by atoms with Gasteiger partial charge in [0.2, 0.25) is 0 Å². The number of aromatic hydroxyl groups is 1. The summed E-state index contributed by atoms with van der Waals surface area (Å²) in [6, 6.07) is 13.8. The van der Waals surface area contributed by atoms with Crippen molar-refractivity contribution >= 4 is 11.9 Å². The molecule has 0 atom stereocenters. The van der Waals surface area contributed by atoms with E-state index >= 15 is 0 Å². The molecule has 190 valence electrons. The van der Waals surface area contributed by atoms with Gasteiger partial charge >= 0.3 is 11.9 Å². The maximum Gasteiger partial charge on any atom is 0.343 e. The number of aromatic carboxylic acids is 1. The SMILES string of the molecule is Cc1cc(Cc2cc(C)cc(CC(C)C)c2OC(=O)c2ccc(C(=O)O)cc2)c(O)c(CC(C)C)c1. The molecule has 0 fully saturated rings. The summed E-state index contributed by atoms with van der Waals surface area (Å²) in [5, 5.41) is 20.2. The summed E-state index contributed by atoms with van der Waals surface area (Å²) in [6.45, 7) is 12.5. The van der Waals surface area contributed by atoms with Gasteiger partial charge in [-0.25, -0.2) is 9.59 Å². The van der Waals surface area contributed by atoms with Crippen molar-refractivity contribution in [2.45, 2.75) is 60.8 Å². The highest BCUT2D eigenvalue weighted by atomic mass is 16.5. The Balaban J connectivity index is 2.05. The predicted octanol–water partition coefficient (Wildman–Crippen LogP) is 6.91. The minimum atomic E-state index is -1.05. The molecule has 3 aromatic rings. The van der Waals surface area contributed by atoms with Crippen molar-refractivity contribution in [2.75, 3.05) is 0 Å². The third kappa shape index (κ3) is 6.75. The smallest absolute Gasteiger partial charge is 0.343 e. The molecule has 0 aliphatic heterocycles. The van der Waals surface area contributed by atoms with E-state index in [2.05, 4.69) is 27.7 Å². The van der Waals surface area contributed by atoms with Gasteiger partial charge in [0.05, 0.1) is 11.1 Å². The molecule has 3 rings (SSSR count). The number of carboxylic acid groups (broad SMARTS) is 1. The lowest BCUT2D eigenvalue weighted by Crippen LogP contribution is -2.13. The number of esters is 1. The Labute approximate surface area is 213 Å². The molecule has 0 unspecified atom stereocenters. The predicted molar refractivity (Wildman–Crippen MR) is 142 cm³/mol. The van der Waals surface area contributed by atoms with Crippen LogP contribution in [-0.4, -0.2) is 22.2 Å². The number of phenols is 1. The summed E-state index contributed by atoms with van der Waals surface area (Å²) in [5.74, 6) is -0.0420. The van der Waals surface area contributed by atoms with Gasteiger partial charge in [0.1, 0.15) is 11.5 Å². The fourth-order valence-corrected chi connectivity index (χ4v) is 4.55. The molecule has 0 aliphatic rings. The van der Waals surface area contributed by atoms with Crippen LogP contribution in [0.1, 0.15) is 81.8 Å². The number of aryl methyl sites for hydroxylation is 2. The van der Waals surface area contributed by atoms with E-state index in [1.807, 2.05) is 38.1 Å². The first kappa shape index (κ1) is 27.0. The van der Waals surface area contributed by atoms with Gasteiger partial charge in [0.15, 0.2) is 0 Å². The van der Waals surface area contributed by atoms with E-state index < -0.39 is 11.9 Å². The Bertz CT molecular complexity index is 1250. The summed E-state index contributed by atoms with van der Waals surface area (Å²) in [6.07, 6.45) is 1.93. The van der Waals surface area contributed by atoms with Gasteiger partial charge in [0.25, 0.3) is 0 Å². The summed E-state index contributed by atoms with van der Waals surface area (Å²) < 4.78 is 5.99. The minimum Gasteiger partial charge on any atom is -0.507 e. The van der Waals surface area contributed by atoms with Gasteiger partial charge in [-0.1, -0.05) is 63.1 Å². The highest BCUT2D eigenvalue weighted by molar-refractivity contribution is 5.93. The second-order valence-electron chi connectivity index (χ2n) is 10.5. The molecule has 3 aromatic carbocycles. The van der Waals surface area contributed by atoms with Crippen LogP contribution in [0.4, 0.5) is 0 Å². The van der Waals surface area contributed by atoms with Gasteiger partial charge in [-0.3, -0.25) is 0 Å². The molecule has 0 radical (unpaired) electrons. The molecule has 0 aromatic heterocycles. The number of benzene rings is 3. The number of phenolic OH excluding ortho intramolecular Hbond substituents is 1. The van der Waals surface area contributed by atoms with E-state index in [-0.39, 0.29) is 11.1 Å². The largest absolute Gasteiger partial charge is 0.507 e. The second-order valence-corrected chi connectivity index (χ2v) is 10.5. The lowest BCUT2D eigenvalue weighted by Gasteiger charge is -2.19. The van der Waals surface area contributed by atoms with Crippen LogP contribution >= 0.6 is 0 Å². The van der Waals surface area contributed by atoms with E-state index in [0.717, 1.165) is 46.2 Å². The molecule has 0 aliphatic carbocycles. The van der Waals surface area contributed by atoms with Crippen molar-refractivity contribution in [3.63, 3.8) is 0 Å². The molecule has 0 saturated heterocycles. The zero-order valence-corrected chi connectivity index (χ0v) is 22.0. The van der Waals surface area contributed by atoms with Crippen LogP contribution in [0.15, 0.2) is 48.5 Å². The Morgan fingerprint density at radius 2 is 1.22 bits per heavy atom. The van der Waals surface area contributed by atoms with Crippen LogP contribution in [0.25, 0.3) is 0 Å². The summed E-state index contributed by atoms with van der Waals surface area (Å²) >= 11 is 0.